The summed E-state index contributed by atoms with van der Waals surface area (Å²) in [4.78, 5) is 14.7. The van der Waals surface area contributed by atoms with E-state index in [2.05, 4.69) is 22.2 Å². The van der Waals surface area contributed by atoms with Crippen LogP contribution in [0, 0.1) is 13.8 Å². The van der Waals surface area contributed by atoms with E-state index in [-0.39, 0.29) is 5.91 Å². The van der Waals surface area contributed by atoms with Crippen LogP contribution in [0.2, 0.25) is 0 Å². The highest BCUT2D eigenvalue weighted by Gasteiger charge is 2.22. The smallest absolute Gasteiger partial charge is 0.238 e. The summed E-state index contributed by atoms with van der Waals surface area (Å²) in [5.41, 5.74) is 2.74. The Labute approximate surface area is 127 Å². The van der Waals surface area contributed by atoms with Gasteiger partial charge in [0.1, 0.15) is 0 Å². The van der Waals surface area contributed by atoms with Crippen LogP contribution in [-0.4, -0.2) is 39.7 Å². The van der Waals surface area contributed by atoms with E-state index in [9.17, 15) is 4.79 Å². The van der Waals surface area contributed by atoms with Crippen molar-refractivity contribution in [3.63, 3.8) is 0 Å². The fraction of sp³-hybridized carbons (Fsp3) is 0.750. The first kappa shape index (κ1) is 16.0. The van der Waals surface area contributed by atoms with E-state index in [1.54, 1.807) is 0 Å². The van der Waals surface area contributed by atoms with Crippen LogP contribution in [0.5, 0.6) is 0 Å². The Morgan fingerprint density at radius 3 is 2.52 bits per heavy atom. The highest BCUT2D eigenvalue weighted by atomic mass is 16.2. The number of amides is 1. The fourth-order valence-electron chi connectivity index (χ4n) is 3.26. The highest BCUT2D eigenvalue weighted by Crippen LogP contribution is 2.23. The summed E-state index contributed by atoms with van der Waals surface area (Å²) in [6.07, 6.45) is 6.39. The molecule has 1 aromatic rings. The van der Waals surface area contributed by atoms with Gasteiger partial charge in [-0.05, 0) is 33.2 Å². The zero-order valence-corrected chi connectivity index (χ0v) is 13.8. The minimum atomic E-state index is 0.0709. The van der Waals surface area contributed by atoms with Gasteiger partial charge in [-0.25, -0.2) is 0 Å². The van der Waals surface area contributed by atoms with Crippen molar-refractivity contribution in [2.45, 2.75) is 58.9 Å². The van der Waals surface area contributed by atoms with E-state index in [1.807, 2.05) is 25.6 Å². The van der Waals surface area contributed by atoms with Crippen LogP contribution >= 0.6 is 0 Å². The molecule has 1 heterocycles. The standard InChI is InChI=1S/C16H28N4O/c1-5-20(14-9-7-6-8-10-14)11-15(21)17-16-12(2)18-19(4)13(16)3/h14H,5-11H2,1-4H3,(H,17,21). The van der Waals surface area contributed by atoms with Crippen molar-refractivity contribution < 1.29 is 4.79 Å². The van der Waals surface area contributed by atoms with E-state index >= 15 is 0 Å². The average molecular weight is 292 g/mol. The Morgan fingerprint density at radius 2 is 2.00 bits per heavy atom. The number of aryl methyl sites for hydroxylation is 2. The second kappa shape index (κ2) is 7.07. The van der Waals surface area contributed by atoms with Gasteiger partial charge in [-0.2, -0.15) is 5.10 Å². The number of nitrogens with one attached hydrogen (secondary N) is 1. The number of rotatable bonds is 5. The van der Waals surface area contributed by atoms with Gasteiger partial charge in [0, 0.05) is 13.1 Å². The lowest BCUT2D eigenvalue weighted by Gasteiger charge is -2.32. The van der Waals surface area contributed by atoms with Gasteiger partial charge in [0.2, 0.25) is 5.91 Å². The molecule has 0 saturated heterocycles. The van der Waals surface area contributed by atoms with Crippen LogP contribution < -0.4 is 5.32 Å². The molecule has 5 nitrogen and oxygen atoms in total. The zero-order chi connectivity index (χ0) is 15.4. The summed E-state index contributed by atoms with van der Waals surface area (Å²) in [5, 5.41) is 7.38. The third-order valence-corrected chi connectivity index (χ3v) is 4.62. The molecular weight excluding hydrogens is 264 g/mol. The summed E-state index contributed by atoms with van der Waals surface area (Å²) < 4.78 is 1.81. The Kier molecular flexibility index (Phi) is 5.39. The first-order valence-corrected chi connectivity index (χ1v) is 8.07. The number of hydrogen-bond donors (Lipinski definition) is 1. The van der Waals surface area contributed by atoms with E-state index < -0.39 is 0 Å². The molecule has 1 aliphatic carbocycles. The molecule has 0 aliphatic heterocycles. The van der Waals surface area contributed by atoms with Gasteiger partial charge in [-0.15, -0.1) is 0 Å². The SMILES string of the molecule is CCN(CC(=O)Nc1c(C)nn(C)c1C)C1CCCCC1. The average Bonchev–Trinajstić information content (AvgIpc) is 2.72. The third-order valence-electron chi connectivity index (χ3n) is 4.62. The molecule has 1 fully saturated rings. The van der Waals surface area contributed by atoms with Crippen LogP contribution in [0.15, 0.2) is 0 Å². The Balaban J connectivity index is 1.96. The number of likely N-dealkylation sites (N-methyl/N-ethyl adjacent to an activating group) is 1. The summed E-state index contributed by atoms with van der Waals surface area (Å²) in [6, 6.07) is 0.575. The predicted molar refractivity (Wildman–Crippen MR) is 85.4 cm³/mol. The number of carbonyl (C=O) groups excluding carboxylic acids is 1. The van der Waals surface area contributed by atoms with Crippen LogP contribution in [0.3, 0.4) is 0 Å². The lowest BCUT2D eigenvalue weighted by molar-refractivity contribution is -0.118. The molecular formula is C16H28N4O. The van der Waals surface area contributed by atoms with Crippen molar-refractivity contribution >= 4 is 11.6 Å². The van der Waals surface area contributed by atoms with E-state index in [4.69, 9.17) is 0 Å². The molecule has 0 radical (unpaired) electrons. The summed E-state index contributed by atoms with van der Waals surface area (Å²) in [7, 11) is 1.90. The van der Waals surface area contributed by atoms with Gasteiger partial charge in [0.15, 0.2) is 0 Å². The van der Waals surface area contributed by atoms with Gasteiger partial charge in [0.25, 0.3) is 0 Å². The van der Waals surface area contributed by atoms with Gasteiger partial charge >= 0.3 is 0 Å². The molecule has 1 saturated carbocycles. The molecule has 2 rings (SSSR count). The molecule has 5 heteroatoms. The molecule has 1 N–H and O–H groups in total. The maximum atomic E-state index is 12.3. The molecule has 0 aromatic carbocycles. The zero-order valence-electron chi connectivity index (χ0n) is 13.8. The quantitative estimate of drug-likeness (QED) is 0.907. The van der Waals surface area contributed by atoms with E-state index in [0.717, 1.165) is 23.6 Å². The van der Waals surface area contributed by atoms with E-state index in [1.165, 1.54) is 32.1 Å². The monoisotopic (exact) mass is 292 g/mol. The van der Waals surface area contributed by atoms with Crippen molar-refractivity contribution in [2.24, 2.45) is 7.05 Å². The molecule has 0 bridgehead atoms. The van der Waals surface area contributed by atoms with Crippen molar-refractivity contribution in [3.05, 3.63) is 11.4 Å². The number of aromatic nitrogens is 2. The van der Waals surface area contributed by atoms with Gasteiger partial charge in [-0.3, -0.25) is 14.4 Å². The maximum absolute atomic E-state index is 12.3. The summed E-state index contributed by atoms with van der Waals surface area (Å²) >= 11 is 0. The van der Waals surface area contributed by atoms with Gasteiger partial charge in [-0.1, -0.05) is 26.2 Å². The summed E-state index contributed by atoms with van der Waals surface area (Å²) in [5.74, 6) is 0.0709. The predicted octanol–water partition coefficient (Wildman–Crippen LogP) is 2.63. The number of carbonyl (C=O) groups is 1. The molecule has 1 amide bonds. The fourth-order valence-corrected chi connectivity index (χ4v) is 3.26. The molecule has 0 unspecified atom stereocenters. The van der Waals surface area contributed by atoms with Gasteiger partial charge < -0.3 is 5.32 Å². The van der Waals surface area contributed by atoms with Crippen molar-refractivity contribution in [2.75, 3.05) is 18.4 Å². The van der Waals surface area contributed by atoms with Crippen LogP contribution in [-0.2, 0) is 11.8 Å². The minimum Gasteiger partial charge on any atom is -0.322 e. The molecule has 0 atom stereocenters. The number of anilines is 1. The highest BCUT2D eigenvalue weighted by molar-refractivity contribution is 5.93. The Hall–Kier alpha value is -1.36. The van der Waals surface area contributed by atoms with Crippen LogP contribution in [0.25, 0.3) is 0 Å². The number of nitrogens with zero attached hydrogens (tertiary/aromatic N) is 3. The number of hydrogen-bond acceptors (Lipinski definition) is 3. The first-order chi connectivity index (χ1) is 10.0. The first-order valence-electron chi connectivity index (χ1n) is 8.07. The lowest BCUT2D eigenvalue weighted by Crippen LogP contribution is -2.41. The molecule has 0 spiro atoms. The Bertz CT molecular complexity index is 489. The topological polar surface area (TPSA) is 50.2 Å². The van der Waals surface area contributed by atoms with Crippen molar-refractivity contribution in [1.82, 2.24) is 14.7 Å². The van der Waals surface area contributed by atoms with E-state index in [0.29, 0.717) is 12.6 Å². The van der Waals surface area contributed by atoms with Crippen molar-refractivity contribution in [3.8, 4) is 0 Å². The normalized spacial score (nSPS) is 16.4. The van der Waals surface area contributed by atoms with Crippen LogP contribution in [0.1, 0.15) is 50.4 Å². The maximum Gasteiger partial charge on any atom is 0.238 e. The Morgan fingerprint density at radius 1 is 1.33 bits per heavy atom. The molecule has 1 aromatic heterocycles. The van der Waals surface area contributed by atoms with Gasteiger partial charge in [0.05, 0.1) is 23.6 Å². The molecule has 21 heavy (non-hydrogen) atoms. The van der Waals surface area contributed by atoms with Crippen LogP contribution in [0.4, 0.5) is 5.69 Å². The minimum absolute atomic E-state index is 0.0709. The lowest BCUT2D eigenvalue weighted by atomic mass is 9.94. The largest absolute Gasteiger partial charge is 0.322 e. The second-order valence-corrected chi connectivity index (χ2v) is 6.07. The van der Waals surface area contributed by atoms with Crippen molar-refractivity contribution in [1.29, 1.82) is 0 Å². The second-order valence-electron chi connectivity index (χ2n) is 6.07. The summed E-state index contributed by atoms with van der Waals surface area (Å²) in [6.45, 7) is 7.47. The third kappa shape index (κ3) is 3.84. The molecule has 1 aliphatic rings. The molecule has 118 valence electrons.